The fraction of sp³-hybridized carbons (Fsp3) is 0.778. The highest BCUT2D eigenvalue weighted by Gasteiger charge is 2.32. The van der Waals surface area contributed by atoms with Gasteiger partial charge in [-0.1, -0.05) is 13.3 Å². The van der Waals surface area contributed by atoms with Crippen LogP contribution in [0, 0.1) is 17.8 Å². The van der Waals surface area contributed by atoms with E-state index in [1.54, 1.807) is 0 Å². The molecule has 1 rings (SSSR count). The number of aldehydes is 2. The van der Waals surface area contributed by atoms with E-state index in [1.165, 1.54) is 0 Å². The van der Waals surface area contributed by atoms with Crippen LogP contribution in [0.1, 0.15) is 26.2 Å². The van der Waals surface area contributed by atoms with Gasteiger partial charge in [0, 0.05) is 11.8 Å². The Morgan fingerprint density at radius 3 is 2.36 bits per heavy atom. The molecule has 2 heteroatoms. The Bertz CT molecular complexity index is 154. The van der Waals surface area contributed by atoms with Crippen LogP contribution in [0.5, 0.6) is 0 Å². The molecule has 11 heavy (non-hydrogen) atoms. The Morgan fingerprint density at radius 1 is 1.27 bits per heavy atom. The average molecular weight is 154 g/mol. The lowest BCUT2D eigenvalue weighted by Crippen LogP contribution is -2.06. The van der Waals surface area contributed by atoms with Crippen LogP contribution in [0.15, 0.2) is 0 Å². The second-order valence-electron chi connectivity index (χ2n) is 3.34. The van der Waals surface area contributed by atoms with E-state index in [-0.39, 0.29) is 11.8 Å². The first-order valence-corrected chi connectivity index (χ1v) is 4.22. The molecular formula is C9H14O2. The first kappa shape index (κ1) is 8.44. The topological polar surface area (TPSA) is 34.1 Å². The van der Waals surface area contributed by atoms with E-state index >= 15 is 0 Å². The molecule has 0 heterocycles. The molecule has 3 unspecified atom stereocenters. The second kappa shape index (κ2) is 3.65. The lowest BCUT2D eigenvalue weighted by Gasteiger charge is -2.08. The van der Waals surface area contributed by atoms with Crippen molar-refractivity contribution in [1.82, 2.24) is 0 Å². The van der Waals surface area contributed by atoms with Crippen LogP contribution in [-0.4, -0.2) is 12.6 Å². The molecule has 0 bridgehead atoms. The van der Waals surface area contributed by atoms with Crippen molar-refractivity contribution in [1.29, 1.82) is 0 Å². The maximum absolute atomic E-state index is 10.5. The molecule has 0 N–H and O–H groups in total. The Kier molecular flexibility index (Phi) is 2.80. The van der Waals surface area contributed by atoms with E-state index in [1.807, 2.05) is 0 Å². The first-order valence-electron chi connectivity index (χ1n) is 4.22. The van der Waals surface area contributed by atoms with Crippen LogP contribution in [0.2, 0.25) is 0 Å². The Morgan fingerprint density at radius 2 is 2.00 bits per heavy atom. The van der Waals surface area contributed by atoms with Crippen LogP contribution in [-0.2, 0) is 9.59 Å². The van der Waals surface area contributed by atoms with Crippen LogP contribution in [0.4, 0.5) is 0 Å². The predicted molar refractivity (Wildman–Crippen MR) is 42.1 cm³/mol. The van der Waals surface area contributed by atoms with Gasteiger partial charge in [-0.3, -0.25) is 0 Å². The van der Waals surface area contributed by atoms with Crippen molar-refractivity contribution in [2.45, 2.75) is 26.2 Å². The summed E-state index contributed by atoms with van der Waals surface area (Å²) in [5, 5.41) is 0. The quantitative estimate of drug-likeness (QED) is 0.576. The summed E-state index contributed by atoms with van der Waals surface area (Å²) in [6, 6.07) is 0. The zero-order valence-electron chi connectivity index (χ0n) is 6.82. The summed E-state index contributed by atoms with van der Waals surface area (Å²) >= 11 is 0. The zero-order valence-corrected chi connectivity index (χ0v) is 6.82. The van der Waals surface area contributed by atoms with Gasteiger partial charge in [-0.15, -0.1) is 0 Å². The number of carbonyl (C=O) groups excluding carboxylic acids is 2. The van der Waals surface area contributed by atoms with Crippen molar-refractivity contribution in [2.75, 3.05) is 0 Å². The maximum Gasteiger partial charge on any atom is 0.123 e. The summed E-state index contributed by atoms with van der Waals surface area (Å²) in [5.41, 5.74) is 0. The normalized spacial score (nSPS) is 37.0. The highest BCUT2D eigenvalue weighted by Crippen LogP contribution is 2.35. The standard InChI is InChI=1S/C9H14O2/c1-2-8-3-7(5-10)4-9(8)6-11/h5-9H,2-4H2,1H3. The number of hydrogen-bond donors (Lipinski definition) is 0. The van der Waals surface area contributed by atoms with Crippen molar-refractivity contribution in [3.8, 4) is 0 Å². The van der Waals surface area contributed by atoms with E-state index in [2.05, 4.69) is 6.92 Å². The van der Waals surface area contributed by atoms with Gasteiger partial charge in [0.2, 0.25) is 0 Å². The van der Waals surface area contributed by atoms with E-state index in [0.29, 0.717) is 5.92 Å². The molecule has 0 saturated heterocycles. The number of hydrogen-bond acceptors (Lipinski definition) is 2. The van der Waals surface area contributed by atoms with Crippen molar-refractivity contribution in [3.05, 3.63) is 0 Å². The molecule has 1 fully saturated rings. The second-order valence-corrected chi connectivity index (χ2v) is 3.34. The van der Waals surface area contributed by atoms with Crippen LogP contribution >= 0.6 is 0 Å². The highest BCUT2D eigenvalue weighted by molar-refractivity contribution is 5.60. The molecule has 62 valence electrons. The van der Waals surface area contributed by atoms with Gasteiger partial charge in [0.1, 0.15) is 12.6 Å². The van der Waals surface area contributed by atoms with Gasteiger partial charge >= 0.3 is 0 Å². The predicted octanol–water partition coefficient (Wildman–Crippen LogP) is 1.44. The lowest BCUT2D eigenvalue weighted by molar-refractivity contribution is -0.112. The molecule has 1 aliphatic rings. The van der Waals surface area contributed by atoms with Crippen molar-refractivity contribution >= 4 is 12.6 Å². The van der Waals surface area contributed by atoms with E-state index in [0.717, 1.165) is 31.8 Å². The van der Waals surface area contributed by atoms with Gasteiger partial charge in [0.05, 0.1) is 0 Å². The van der Waals surface area contributed by atoms with Gasteiger partial charge in [0.25, 0.3) is 0 Å². The minimum absolute atomic E-state index is 0.148. The summed E-state index contributed by atoms with van der Waals surface area (Å²) in [6.45, 7) is 2.08. The van der Waals surface area contributed by atoms with Gasteiger partial charge in [0.15, 0.2) is 0 Å². The summed E-state index contributed by atoms with van der Waals surface area (Å²) < 4.78 is 0. The van der Waals surface area contributed by atoms with E-state index < -0.39 is 0 Å². The van der Waals surface area contributed by atoms with Crippen molar-refractivity contribution < 1.29 is 9.59 Å². The molecule has 0 radical (unpaired) electrons. The molecular weight excluding hydrogens is 140 g/mol. The fourth-order valence-corrected chi connectivity index (χ4v) is 1.95. The number of rotatable bonds is 3. The Hall–Kier alpha value is -0.660. The third-order valence-corrected chi connectivity index (χ3v) is 2.68. The minimum atomic E-state index is 0.148. The maximum atomic E-state index is 10.5. The molecule has 0 aromatic heterocycles. The molecule has 0 aliphatic heterocycles. The zero-order chi connectivity index (χ0) is 8.27. The molecule has 1 saturated carbocycles. The lowest BCUT2D eigenvalue weighted by atomic mass is 9.95. The monoisotopic (exact) mass is 154 g/mol. The molecule has 3 atom stereocenters. The summed E-state index contributed by atoms with van der Waals surface area (Å²) in [6.07, 6.45) is 4.73. The summed E-state index contributed by atoms with van der Waals surface area (Å²) in [5.74, 6) is 0.757. The molecule has 2 nitrogen and oxygen atoms in total. The molecule has 0 spiro atoms. The third kappa shape index (κ3) is 1.67. The molecule has 0 aromatic carbocycles. The molecule has 0 amide bonds. The first-order chi connectivity index (χ1) is 5.31. The number of carbonyl (C=O) groups is 2. The van der Waals surface area contributed by atoms with Crippen LogP contribution in [0.3, 0.4) is 0 Å². The SMILES string of the molecule is CCC1CC(C=O)CC1C=O. The fourth-order valence-electron chi connectivity index (χ4n) is 1.95. The van der Waals surface area contributed by atoms with Crippen LogP contribution in [0.25, 0.3) is 0 Å². The molecule has 1 aliphatic carbocycles. The smallest absolute Gasteiger partial charge is 0.123 e. The third-order valence-electron chi connectivity index (χ3n) is 2.68. The van der Waals surface area contributed by atoms with Gasteiger partial charge in [-0.25, -0.2) is 0 Å². The Balaban J connectivity index is 2.53. The summed E-state index contributed by atoms with van der Waals surface area (Å²) in [7, 11) is 0. The average Bonchev–Trinajstić information content (AvgIpc) is 2.46. The largest absolute Gasteiger partial charge is 0.303 e. The van der Waals surface area contributed by atoms with Gasteiger partial charge in [-0.05, 0) is 18.8 Å². The summed E-state index contributed by atoms with van der Waals surface area (Å²) in [4.78, 5) is 20.9. The van der Waals surface area contributed by atoms with Crippen LogP contribution < -0.4 is 0 Å². The Labute approximate surface area is 67.0 Å². The van der Waals surface area contributed by atoms with Crippen molar-refractivity contribution in [3.63, 3.8) is 0 Å². The van der Waals surface area contributed by atoms with E-state index in [4.69, 9.17) is 0 Å². The minimum Gasteiger partial charge on any atom is -0.303 e. The van der Waals surface area contributed by atoms with Gasteiger partial charge in [-0.2, -0.15) is 0 Å². The van der Waals surface area contributed by atoms with Gasteiger partial charge < -0.3 is 9.59 Å². The molecule has 0 aromatic rings. The highest BCUT2D eigenvalue weighted by atomic mass is 16.1. The van der Waals surface area contributed by atoms with Crippen molar-refractivity contribution in [2.24, 2.45) is 17.8 Å². The van der Waals surface area contributed by atoms with E-state index in [9.17, 15) is 9.59 Å².